The van der Waals surface area contributed by atoms with E-state index >= 15 is 0 Å². The summed E-state index contributed by atoms with van der Waals surface area (Å²) in [6.45, 7) is 6.53. The fourth-order valence-corrected chi connectivity index (χ4v) is 3.14. The van der Waals surface area contributed by atoms with Crippen LogP contribution in [0.2, 0.25) is 0 Å². The number of nitrogens with zero attached hydrogens (tertiary/aromatic N) is 2. The molecule has 1 fully saturated rings. The number of rotatable bonds is 8. The van der Waals surface area contributed by atoms with Gasteiger partial charge in [0.25, 0.3) is 0 Å². The molecule has 2 aromatic rings. The van der Waals surface area contributed by atoms with Gasteiger partial charge < -0.3 is 24.6 Å². The van der Waals surface area contributed by atoms with Gasteiger partial charge >= 0.3 is 6.03 Å². The Labute approximate surface area is 173 Å². The van der Waals surface area contributed by atoms with Crippen molar-refractivity contribution in [3.05, 3.63) is 54.1 Å². The molecule has 6 nitrogen and oxygen atoms in total. The summed E-state index contributed by atoms with van der Waals surface area (Å²) in [5.74, 6) is 1.77. The van der Waals surface area contributed by atoms with Crippen LogP contribution in [0, 0.1) is 0 Å². The average molecular weight is 398 g/mol. The maximum atomic E-state index is 11.8. The fourth-order valence-electron chi connectivity index (χ4n) is 3.14. The second kappa shape index (κ2) is 9.54. The molecule has 1 aliphatic rings. The lowest BCUT2D eigenvalue weighted by Crippen LogP contribution is -2.54. The van der Waals surface area contributed by atoms with Crippen molar-refractivity contribution in [2.24, 2.45) is 0 Å². The van der Waals surface area contributed by atoms with E-state index in [0.717, 1.165) is 43.2 Å². The van der Waals surface area contributed by atoms with E-state index in [4.69, 9.17) is 9.47 Å². The summed E-state index contributed by atoms with van der Waals surface area (Å²) in [6.07, 6.45) is 1.18. The molecule has 156 valence electrons. The summed E-state index contributed by atoms with van der Waals surface area (Å²) >= 11 is 0. The van der Waals surface area contributed by atoms with E-state index < -0.39 is 0 Å². The normalized spacial score (nSPS) is 14.7. The molecule has 1 heterocycles. The molecule has 0 radical (unpaired) electrons. The van der Waals surface area contributed by atoms with Crippen molar-refractivity contribution >= 4 is 11.7 Å². The quantitative estimate of drug-likeness (QED) is 0.729. The molecule has 0 bridgehead atoms. The molecule has 29 heavy (non-hydrogen) atoms. The van der Waals surface area contributed by atoms with Crippen LogP contribution in [0.15, 0.2) is 48.5 Å². The lowest BCUT2D eigenvalue weighted by Gasteiger charge is -2.40. The minimum atomic E-state index is -0.100. The molecule has 1 atom stereocenters. The molecule has 1 aliphatic heterocycles. The fraction of sp³-hybridized carbons (Fsp3) is 0.435. The number of urea groups is 1. The largest absolute Gasteiger partial charge is 0.494 e. The SMILES string of the molecule is CCCOc1cccc(N2CC(Oc3ccc(C(C)NC(=O)N(C)C)cc3)C2)c1. The third-order valence-corrected chi connectivity index (χ3v) is 4.93. The zero-order valence-corrected chi connectivity index (χ0v) is 17.7. The molecule has 2 aromatic carbocycles. The zero-order chi connectivity index (χ0) is 20.8. The zero-order valence-electron chi connectivity index (χ0n) is 17.7. The van der Waals surface area contributed by atoms with Crippen LogP contribution < -0.4 is 19.7 Å². The van der Waals surface area contributed by atoms with Crippen LogP contribution in [0.4, 0.5) is 10.5 Å². The Morgan fingerprint density at radius 1 is 1.17 bits per heavy atom. The second-order valence-electron chi connectivity index (χ2n) is 7.63. The molecule has 1 N–H and O–H groups in total. The Morgan fingerprint density at radius 3 is 2.55 bits per heavy atom. The number of carbonyl (C=O) groups excluding carboxylic acids is 1. The molecular formula is C23H31N3O3. The van der Waals surface area contributed by atoms with Crippen LogP contribution in [-0.2, 0) is 0 Å². The van der Waals surface area contributed by atoms with Crippen LogP contribution >= 0.6 is 0 Å². The molecule has 0 saturated carbocycles. The average Bonchev–Trinajstić information content (AvgIpc) is 2.69. The number of hydrogen-bond acceptors (Lipinski definition) is 4. The first-order valence-electron chi connectivity index (χ1n) is 10.2. The van der Waals surface area contributed by atoms with Gasteiger partial charge in [-0.15, -0.1) is 0 Å². The highest BCUT2D eigenvalue weighted by atomic mass is 16.5. The maximum absolute atomic E-state index is 11.8. The highest BCUT2D eigenvalue weighted by Crippen LogP contribution is 2.28. The van der Waals surface area contributed by atoms with E-state index in [1.165, 1.54) is 10.6 Å². The van der Waals surface area contributed by atoms with Crippen molar-refractivity contribution in [2.75, 3.05) is 38.7 Å². The first-order valence-corrected chi connectivity index (χ1v) is 10.2. The van der Waals surface area contributed by atoms with Crippen LogP contribution in [0.5, 0.6) is 11.5 Å². The van der Waals surface area contributed by atoms with E-state index in [1.807, 2.05) is 43.3 Å². The highest BCUT2D eigenvalue weighted by Gasteiger charge is 2.29. The molecule has 6 heteroatoms. The highest BCUT2D eigenvalue weighted by molar-refractivity contribution is 5.74. The van der Waals surface area contributed by atoms with Crippen molar-refractivity contribution in [3.63, 3.8) is 0 Å². The van der Waals surface area contributed by atoms with Gasteiger partial charge in [-0.1, -0.05) is 25.1 Å². The Bertz CT molecular complexity index is 801. The summed E-state index contributed by atoms with van der Waals surface area (Å²) in [6, 6.07) is 16.0. The van der Waals surface area contributed by atoms with E-state index in [1.54, 1.807) is 14.1 Å². The van der Waals surface area contributed by atoms with E-state index in [9.17, 15) is 4.79 Å². The van der Waals surface area contributed by atoms with E-state index in [-0.39, 0.29) is 18.2 Å². The van der Waals surface area contributed by atoms with Crippen molar-refractivity contribution < 1.29 is 14.3 Å². The number of amides is 2. The van der Waals surface area contributed by atoms with Crippen LogP contribution in [0.3, 0.4) is 0 Å². The third kappa shape index (κ3) is 5.56. The first kappa shape index (κ1) is 20.8. The Hall–Kier alpha value is -2.89. The van der Waals surface area contributed by atoms with Crippen molar-refractivity contribution in [1.82, 2.24) is 10.2 Å². The van der Waals surface area contributed by atoms with Crippen molar-refractivity contribution in [1.29, 1.82) is 0 Å². The third-order valence-electron chi connectivity index (χ3n) is 4.93. The van der Waals surface area contributed by atoms with Gasteiger partial charge in [0.15, 0.2) is 0 Å². The van der Waals surface area contributed by atoms with Gasteiger partial charge in [0.2, 0.25) is 0 Å². The summed E-state index contributed by atoms with van der Waals surface area (Å²) in [5.41, 5.74) is 2.21. The Morgan fingerprint density at radius 2 is 1.90 bits per heavy atom. The minimum absolute atomic E-state index is 0.0552. The van der Waals surface area contributed by atoms with Crippen molar-refractivity contribution in [2.45, 2.75) is 32.4 Å². The number of nitrogens with one attached hydrogen (secondary N) is 1. The van der Waals surface area contributed by atoms with Gasteiger partial charge in [-0.3, -0.25) is 0 Å². The molecule has 0 aliphatic carbocycles. The molecule has 3 rings (SSSR count). The summed E-state index contributed by atoms with van der Waals surface area (Å²) in [4.78, 5) is 15.6. The lowest BCUT2D eigenvalue weighted by molar-refractivity contribution is 0.167. The van der Waals surface area contributed by atoms with Gasteiger partial charge in [-0.05, 0) is 43.2 Å². The molecule has 0 aromatic heterocycles. The molecule has 1 unspecified atom stereocenters. The summed E-state index contributed by atoms with van der Waals surface area (Å²) in [7, 11) is 3.46. The molecular weight excluding hydrogens is 366 g/mol. The standard InChI is InChI=1S/C23H31N3O3/c1-5-13-28-21-8-6-7-19(14-21)26-15-22(16-26)29-20-11-9-18(10-12-20)17(2)24-23(27)25(3)4/h6-12,14,17,22H,5,13,15-16H2,1-4H3,(H,24,27). The number of ether oxygens (including phenoxy) is 2. The number of anilines is 1. The Balaban J connectivity index is 1.48. The first-order chi connectivity index (χ1) is 14.0. The van der Waals surface area contributed by atoms with Gasteiger partial charge in [0, 0.05) is 25.8 Å². The van der Waals surface area contributed by atoms with Crippen LogP contribution in [0.25, 0.3) is 0 Å². The van der Waals surface area contributed by atoms with E-state index in [2.05, 4.69) is 29.3 Å². The van der Waals surface area contributed by atoms with Gasteiger partial charge in [-0.25, -0.2) is 4.79 Å². The minimum Gasteiger partial charge on any atom is -0.494 e. The monoisotopic (exact) mass is 397 g/mol. The summed E-state index contributed by atoms with van der Waals surface area (Å²) in [5, 5.41) is 2.95. The van der Waals surface area contributed by atoms with Crippen molar-refractivity contribution in [3.8, 4) is 11.5 Å². The number of hydrogen-bond donors (Lipinski definition) is 1. The van der Waals surface area contributed by atoms with Gasteiger partial charge in [0.05, 0.1) is 25.7 Å². The molecule has 1 saturated heterocycles. The topological polar surface area (TPSA) is 54.0 Å². The lowest BCUT2D eigenvalue weighted by atomic mass is 10.1. The number of carbonyl (C=O) groups is 1. The molecule has 2 amide bonds. The smallest absolute Gasteiger partial charge is 0.317 e. The predicted molar refractivity (Wildman–Crippen MR) is 116 cm³/mol. The second-order valence-corrected chi connectivity index (χ2v) is 7.63. The molecule has 0 spiro atoms. The van der Waals surface area contributed by atoms with Gasteiger partial charge in [-0.2, -0.15) is 0 Å². The summed E-state index contributed by atoms with van der Waals surface area (Å²) < 4.78 is 11.8. The Kier molecular flexibility index (Phi) is 6.86. The van der Waals surface area contributed by atoms with Crippen LogP contribution in [-0.4, -0.2) is 50.8 Å². The number of benzene rings is 2. The van der Waals surface area contributed by atoms with Crippen LogP contribution in [0.1, 0.15) is 31.9 Å². The maximum Gasteiger partial charge on any atom is 0.317 e. The van der Waals surface area contributed by atoms with Gasteiger partial charge in [0.1, 0.15) is 17.6 Å². The van der Waals surface area contributed by atoms with E-state index in [0.29, 0.717) is 0 Å². The predicted octanol–water partition coefficient (Wildman–Crippen LogP) is 4.08.